The van der Waals surface area contributed by atoms with Gasteiger partial charge in [0.1, 0.15) is 0 Å². The highest BCUT2D eigenvalue weighted by molar-refractivity contribution is 8.18. The van der Waals surface area contributed by atoms with Gasteiger partial charge in [-0.05, 0) is 55.3 Å². The van der Waals surface area contributed by atoms with Crippen LogP contribution < -0.4 is 0 Å². The molecule has 1 aliphatic rings. The zero-order valence-corrected chi connectivity index (χ0v) is 13.5. The fourth-order valence-corrected chi connectivity index (χ4v) is 3.27. The quantitative estimate of drug-likeness (QED) is 0.801. The van der Waals surface area contributed by atoms with Crippen molar-refractivity contribution in [1.29, 1.82) is 0 Å². The van der Waals surface area contributed by atoms with Crippen molar-refractivity contribution < 1.29 is 14.3 Å². The zero-order valence-electron chi connectivity index (χ0n) is 12.7. The maximum atomic E-state index is 12.3. The number of methoxy groups -OCH3 is 1. The maximum Gasteiger partial charge on any atom is 0.293 e. The molecule has 2 amide bonds. The summed E-state index contributed by atoms with van der Waals surface area (Å²) in [5.41, 5.74) is 4.42. The molecule has 0 radical (unpaired) electrons. The monoisotopic (exact) mass is 305 g/mol. The Labute approximate surface area is 129 Å². The zero-order chi connectivity index (χ0) is 15.6. The summed E-state index contributed by atoms with van der Waals surface area (Å²) in [4.78, 5) is 25.9. The van der Waals surface area contributed by atoms with E-state index in [2.05, 4.69) is 12.1 Å². The summed E-state index contributed by atoms with van der Waals surface area (Å²) in [6.07, 6.45) is 1.82. The molecule has 1 saturated heterocycles. The highest BCUT2D eigenvalue weighted by atomic mass is 32.2. The molecule has 0 bridgehead atoms. The number of ether oxygens (including phenoxy) is 1. The van der Waals surface area contributed by atoms with E-state index in [1.165, 1.54) is 10.5 Å². The summed E-state index contributed by atoms with van der Waals surface area (Å²) >= 11 is 0.992. The summed E-state index contributed by atoms with van der Waals surface area (Å²) in [7, 11) is 1.55. The molecule has 1 aliphatic heterocycles. The van der Waals surface area contributed by atoms with Gasteiger partial charge in [-0.25, -0.2) is 0 Å². The van der Waals surface area contributed by atoms with Crippen LogP contribution in [0.4, 0.5) is 4.79 Å². The van der Waals surface area contributed by atoms with Gasteiger partial charge in [-0.1, -0.05) is 17.7 Å². The van der Waals surface area contributed by atoms with Gasteiger partial charge in [-0.2, -0.15) is 0 Å². The molecule has 0 N–H and O–H groups in total. The van der Waals surface area contributed by atoms with Crippen LogP contribution >= 0.6 is 11.8 Å². The van der Waals surface area contributed by atoms with Crippen LogP contribution in [0.25, 0.3) is 6.08 Å². The smallest absolute Gasteiger partial charge is 0.293 e. The predicted octanol–water partition coefficient (Wildman–Crippen LogP) is 3.29. The maximum absolute atomic E-state index is 12.3. The fourth-order valence-electron chi connectivity index (χ4n) is 2.43. The first-order valence-electron chi connectivity index (χ1n) is 6.76. The number of hydrogen-bond donors (Lipinski definition) is 0. The van der Waals surface area contributed by atoms with E-state index >= 15 is 0 Å². The lowest BCUT2D eigenvalue weighted by molar-refractivity contribution is -0.123. The van der Waals surface area contributed by atoms with Crippen molar-refractivity contribution in [2.24, 2.45) is 0 Å². The van der Waals surface area contributed by atoms with Gasteiger partial charge in [-0.15, -0.1) is 0 Å². The number of aryl methyl sites for hydroxylation is 3. The van der Waals surface area contributed by atoms with Crippen LogP contribution in [0, 0.1) is 20.8 Å². The molecule has 0 spiro atoms. The van der Waals surface area contributed by atoms with Crippen LogP contribution in [0.5, 0.6) is 0 Å². The van der Waals surface area contributed by atoms with Crippen LogP contribution in [0.3, 0.4) is 0 Å². The number of carbonyl (C=O) groups excluding carboxylic acids is 2. The van der Waals surface area contributed by atoms with Gasteiger partial charge in [0.15, 0.2) is 0 Å². The lowest BCUT2D eigenvalue weighted by Crippen LogP contribution is -2.31. The van der Waals surface area contributed by atoms with Crippen LogP contribution in [0.15, 0.2) is 17.0 Å². The largest absolute Gasteiger partial charge is 0.383 e. The van der Waals surface area contributed by atoms with Crippen molar-refractivity contribution in [3.63, 3.8) is 0 Å². The van der Waals surface area contributed by atoms with Gasteiger partial charge in [0.25, 0.3) is 11.1 Å². The Morgan fingerprint density at radius 2 is 1.81 bits per heavy atom. The van der Waals surface area contributed by atoms with Crippen molar-refractivity contribution in [2.45, 2.75) is 20.8 Å². The van der Waals surface area contributed by atoms with Gasteiger partial charge >= 0.3 is 0 Å². The first kappa shape index (κ1) is 15.8. The van der Waals surface area contributed by atoms with E-state index in [1.807, 2.05) is 26.8 Å². The standard InChI is InChI=1S/C16H19NO3S/c1-10-7-11(2)13(12(3)8-10)9-14-15(18)17(5-6-20-4)16(19)21-14/h7-9H,5-6H2,1-4H3/b14-9+. The molecule has 1 fully saturated rings. The molecular formula is C16H19NO3S. The van der Waals surface area contributed by atoms with Gasteiger partial charge < -0.3 is 4.74 Å². The average molecular weight is 305 g/mol. The van der Waals surface area contributed by atoms with E-state index in [-0.39, 0.29) is 11.1 Å². The third-order valence-corrected chi connectivity index (χ3v) is 4.31. The van der Waals surface area contributed by atoms with E-state index in [9.17, 15) is 9.59 Å². The van der Waals surface area contributed by atoms with Crippen molar-refractivity contribution in [2.75, 3.05) is 20.3 Å². The van der Waals surface area contributed by atoms with Crippen molar-refractivity contribution in [3.05, 3.63) is 39.3 Å². The Kier molecular flexibility index (Phi) is 4.85. The van der Waals surface area contributed by atoms with Gasteiger partial charge in [-0.3, -0.25) is 14.5 Å². The highest BCUT2D eigenvalue weighted by Crippen LogP contribution is 2.33. The Bertz CT molecular complexity index is 599. The second-order valence-corrected chi connectivity index (χ2v) is 6.13. The van der Waals surface area contributed by atoms with E-state index in [0.717, 1.165) is 28.5 Å². The number of hydrogen-bond acceptors (Lipinski definition) is 4. The minimum Gasteiger partial charge on any atom is -0.383 e. The van der Waals surface area contributed by atoms with Crippen LogP contribution in [-0.4, -0.2) is 36.3 Å². The fraction of sp³-hybridized carbons (Fsp3) is 0.375. The van der Waals surface area contributed by atoms with E-state index in [0.29, 0.717) is 18.1 Å². The summed E-state index contributed by atoms with van der Waals surface area (Å²) in [5, 5.41) is -0.231. The molecule has 1 aromatic rings. The van der Waals surface area contributed by atoms with E-state index < -0.39 is 0 Å². The third-order valence-electron chi connectivity index (χ3n) is 3.41. The molecule has 1 heterocycles. The van der Waals surface area contributed by atoms with Gasteiger partial charge in [0.05, 0.1) is 18.1 Å². The number of amides is 2. The van der Waals surface area contributed by atoms with Gasteiger partial charge in [0.2, 0.25) is 0 Å². The van der Waals surface area contributed by atoms with Crippen LogP contribution in [0.1, 0.15) is 22.3 Å². The molecule has 112 valence electrons. The summed E-state index contributed by atoms with van der Waals surface area (Å²) < 4.78 is 4.93. The molecule has 0 atom stereocenters. The lowest BCUT2D eigenvalue weighted by Gasteiger charge is -2.11. The molecule has 0 aromatic heterocycles. The summed E-state index contributed by atoms with van der Waals surface area (Å²) in [6.45, 7) is 6.72. The molecule has 1 aromatic carbocycles. The van der Waals surface area contributed by atoms with Gasteiger partial charge in [0, 0.05) is 7.11 Å². The first-order chi connectivity index (χ1) is 9.93. The lowest BCUT2D eigenvalue weighted by atomic mass is 9.99. The number of nitrogens with zero attached hydrogens (tertiary/aromatic N) is 1. The number of rotatable bonds is 4. The first-order valence-corrected chi connectivity index (χ1v) is 7.58. The predicted molar refractivity (Wildman–Crippen MR) is 85.2 cm³/mol. The van der Waals surface area contributed by atoms with E-state index in [4.69, 9.17) is 4.74 Å². The molecule has 0 aliphatic carbocycles. The molecule has 4 nitrogen and oxygen atoms in total. The minimum atomic E-state index is -0.235. The summed E-state index contributed by atoms with van der Waals surface area (Å²) in [5.74, 6) is -0.235. The normalized spacial score (nSPS) is 17.1. The molecule has 0 unspecified atom stereocenters. The molecule has 0 saturated carbocycles. The number of benzene rings is 1. The van der Waals surface area contributed by atoms with Crippen molar-refractivity contribution >= 4 is 29.0 Å². The molecule has 2 rings (SSSR count). The Morgan fingerprint density at radius 3 is 2.38 bits per heavy atom. The average Bonchev–Trinajstić information content (AvgIpc) is 2.66. The number of carbonyl (C=O) groups is 2. The topological polar surface area (TPSA) is 46.6 Å². The molecule has 21 heavy (non-hydrogen) atoms. The number of thioether (sulfide) groups is 1. The Balaban J connectivity index is 2.31. The second-order valence-electron chi connectivity index (χ2n) is 5.14. The van der Waals surface area contributed by atoms with Crippen molar-refractivity contribution in [1.82, 2.24) is 4.90 Å². The molecular weight excluding hydrogens is 286 g/mol. The van der Waals surface area contributed by atoms with E-state index in [1.54, 1.807) is 7.11 Å². The summed E-state index contributed by atoms with van der Waals surface area (Å²) in [6, 6.07) is 4.15. The van der Waals surface area contributed by atoms with Crippen LogP contribution in [-0.2, 0) is 9.53 Å². The number of imide groups is 1. The second kappa shape index (κ2) is 6.45. The minimum absolute atomic E-state index is 0.231. The molecule has 5 heteroatoms. The highest BCUT2D eigenvalue weighted by Gasteiger charge is 2.34. The Hall–Kier alpha value is -1.59. The SMILES string of the molecule is COCCN1C(=O)S/C(=C/c2c(C)cc(C)cc2C)C1=O. The van der Waals surface area contributed by atoms with Crippen molar-refractivity contribution in [3.8, 4) is 0 Å². The van der Waals surface area contributed by atoms with Crippen LogP contribution in [0.2, 0.25) is 0 Å². The third kappa shape index (κ3) is 3.36. The Morgan fingerprint density at radius 1 is 1.19 bits per heavy atom.